The summed E-state index contributed by atoms with van der Waals surface area (Å²) in [5, 5.41) is 0. The number of hydrogen-bond acceptors (Lipinski definition) is 2. The summed E-state index contributed by atoms with van der Waals surface area (Å²) in [6.07, 6.45) is 17.1. The van der Waals surface area contributed by atoms with E-state index in [0.29, 0.717) is 0 Å². The van der Waals surface area contributed by atoms with Gasteiger partial charge in [0.25, 0.3) is 0 Å². The van der Waals surface area contributed by atoms with Crippen LogP contribution in [0.25, 0.3) is 0 Å². The summed E-state index contributed by atoms with van der Waals surface area (Å²) in [6.45, 7) is 3.68. The highest BCUT2D eigenvalue weighted by atomic mass is 15.2. The predicted octanol–water partition coefficient (Wildman–Crippen LogP) is 4.68. The molecule has 0 spiro atoms. The molecule has 2 fully saturated rings. The van der Waals surface area contributed by atoms with Crippen molar-refractivity contribution in [2.45, 2.75) is 102 Å². The van der Waals surface area contributed by atoms with Crippen molar-refractivity contribution in [3.8, 4) is 0 Å². The molecule has 0 aromatic carbocycles. The molecule has 0 amide bonds. The summed E-state index contributed by atoms with van der Waals surface area (Å²) in [5.41, 5.74) is 0. The second-order valence-electron chi connectivity index (χ2n) is 7.58. The first-order chi connectivity index (χ1) is 10.2. The highest BCUT2D eigenvalue weighted by Gasteiger charge is 2.24. The molecule has 0 aromatic heterocycles. The van der Waals surface area contributed by atoms with Gasteiger partial charge in [-0.15, -0.1) is 0 Å². The van der Waals surface area contributed by atoms with Crippen molar-refractivity contribution >= 4 is 0 Å². The Morgan fingerprint density at radius 3 is 2.05 bits per heavy atom. The Kier molecular flexibility index (Phi) is 7.53. The highest BCUT2D eigenvalue weighted by molar-refractivity contribution is 4.80. The van der Waals surface area contributed by atoms with Crippen LogP contribution in [-0.2, 0) is 0 Å². The fourth-order valence-corrected chi connectivity index (χ4v) is 4.59. The monoisotopic (exact) mass is 294 g/mol. The molecule has 124 valence electrons. The van der Waals surface area contributed by atoms with Crippen LogP contribution in [0, 0.1) is 0 Å². The van der Waals surface area contributed by atoms with Gasteiger partial charge in [0.15, 0.2) is 0 Å². The van der Waals surface area contributed by atoms with Gasteiger partial charge in [-0.2, -0.15) is 0 Å². The molecule has 2 heteroatoms. The first kappa shape index (κ1) is 17.3. The van der Waals surface area contributed by atoms with Crippen LogP contribution in [0.4, 0.5) is 0 Å². The van der Waals surface area contributed by atoms with Crippen molar-refractivity contribution in [2.24, 2.45) is 0 Å². The van der Waals surface area contributed by atoms with E-state index in [4.69, 9.17) is 0 Å². The molecular formula is C19H38N2. The second kappa shape index (κ2) is 9.15. The molecule has 0 aliphatic heterocycles. The summed E-state index contributed by atoms with van der Waals surface area (Å²) in [6, 6.07) is 2.57. The molecule has 0 aromatic rings. The van der Waals surface area contributed by atoms with Gasteiger partial charge < -0.3 is 9.80 Å². The van der Waals surface area contributed by atoms with Crippen LogP contribution in [0.15, 0.2) is 0 Å². The Morgan fingerprint density at radius 1 is 0.857 bits per heavy atom. The molecule has 0 heterocycles. The zero-order chi connectivity index (χ0) is 15.1. The Morgan fingerprint density at radius 2 is 1.43 bits per heavy atom. The molecule has 2 aliphatic carbocycles. The maximum Gasteiger partial charge on any atom is 0.00951 e. The molecule has 0 N–H and O–H groups in total. The van der Waals surface area contributed by atoms with E-state index in [9.17, 15) is 0 Å². The van der Waals surface area contributed by atoms with Crippen molar-refractivity contribution in [1.82, 2.24) is 9.80 Å². The lowest BCUT2D eigenvalue weighted by Crippen LogP contribution is -2.41. The van der Waals surface area contributed by atoms with E-state index >= 15 is 0 Å². The molecule has 2 rings (SSSR count). The van der Waals surface area contributed by atoms with Gasteiger partial charge in [0.2, 0.25) is 0 Å². The highest BCUT2D eigenvalue weighted by Crippen LogP contribution is 2.26. The average Bonchev–Trinajstić information content (AvgIpc) is 3.06. The molecule has 1 atom stereocenters. The van der Waals surface area contributed by atoms with Crippen molar-refractivity contribution < 1.29 is 0 Å². The Labute approximate surface area is 133 Å². The average molecular weight is 295 g/mol. The van der Waals surface area contributed by atoms with E-state index < -0.39 is 0 Å². The van der Waals surface area contributed by atoms with Crippen molar-refractivity contribution in [1.29, 1.82) is 0 Å². The predicted molar refractivity (Wildman–Crippen MR) is 92.8 cm³/mol. The summed E-state index contributed by atoms with van der Waals surface area (Å²) in [5.74, 6) is 0. The summed E-state index contributed by atoms with van der Waals surface area (Å²) in [7, 11) is 4.74. The van der Waals surface area contributed by atoms with Crippen LogP contribution >= 0.6 is 0 Å². The van der Waals surface area contributed by atoms with Gasteiger partial charge in [-0.25, -0.2) is 0 Å². The molecule has 21 heavy (non-hydrogen) atoms. The Bertz CT molecular complexity index is 267. The Hall–Kier alpha value is -0.0800. The largest absolute Gasteiger partial charge is 0.303 e. The van der Waals surface area contributed by atoms with Crippen LogP contribution in [0.3, 0.4) is 0 Å². The molecule has 0 bridgehead atoms. The van der Waals surface area contributed by atoms with E-state index in [-0.39, 0.29) is 0 Å². The van der Waals surface area contributed by atoms with Crippen LogP contribution in [-0.4, -0.2) is 48.6 Å². The maximum atomic E-state index is 2.73. The number of hydrogen-bond donors (Lipinski definition) is 0. The van der Waals surface area contributed by atoms with Crippen molar-refractivity contribution in [3.63, 3.8) is 0 Å². The van der Waals surface area contributed by atoms with Crippen molar-refractivity contribution in [3.05, 3.63) is 0 Å². The first-order valence-corrected chi connectivity index (χ1v) is 9.64. The van der Waals surface area contributed by atoms with E-state index in [2.05, 4.69) is 30.8 Å². The first-order valence-electron chi connectivity index (χ1n) is 9.64. The Balaban J connectivity index is 1.68. The van der Waals surface area contributed by atoms with Gasteiger partial charge in [-0.05, 0) is 65.6 Å². The lowest BCUT2D eigenvalue weighted by atomic mass is 9.92. The zero-order valence-electron chi connectivity index (χ0n) is 14.8. The third-order valence-electron chi connectivity index (χ3n) is 6.19. The minimum atomic E-state index is 0.810. The molecule has 2 aliphatic rings. The van der Waals surface area contributed by atoms with E-state index in [1.807, 2.05) is 0 Å². The van der Waals surface area contributed by atoms with Gasteiger partial charge in [-0.3, -0.25) is 0 Å². The molecule has 2 nitrogen and oxygen atoms in total. The van der Waals surface area contributed by atoms with Crippen LogP contribution in [0.5, 0.6) is 0 Å². The molecule has 0 saturated heterocycles. The second-order valence-corrected chi connectivity index (χ2v) is 7.58. The third-order valence-corrected chi connectivity index (χ3v) is 6.19. The molecule has 1 unspecified atom stereocenters. The molecular weight excluding hydrogens is 256 g/mol. The van der Waals surface area contributed by atoms with E-state index in [1.54, 1.807) is 0 Å². The standard InChI is InChI=1S/C19H38N2/c1-4-17(21(3)19-13-6-5-7-14-19)15-10-16-20(2)18-11-8-9-12-18/h17-19H,4-16H2,1-3H3. The maximum absolute atomic E-state index is 2.73. The van der Waals surface area contributed by atoms with Crippen LogP contribution in [0.1, 0.15) is 84.0 Å². The van der Waals surface area contributed by atoms with Crippen molar-refractivity contribution in [2.75, 3.05) is 20.6 Å². The lowest BCUT2D eigenvalue weighted by molar-refractivity contribution is 0.122. The minimum absolute atomic E-state index is 0.810. The topological polar surface area (TPSA) is 6.48 Å². The van der Waals surface area contributed by atoms with Crippen LogP contribution < -0.4 is 0 Å². The third kappa shape index (κ3) is 5.25. The van der Waals surface area contributed by atoms with E-state index in [0.717, 1.165) is 18.1 Å². The van der Waals surface area contributed by atoms with Gasteiger partial charge in [-0.1, -0.05) is 39.0 Å². The minimum Gasteiger partial charge on any atom is -0.303 e. The smallest absolute Gasteiger partial charge is 0.00951 e. The lowest BCUT2D eigenvalue weighted by Gasteiger charge is -2.37. The number of nitrogens with zero attached hydrogens (tertiary/aromatic N) is 2. The van der Waals surface area contributed by atoms with Gasteiger partial charge in [0.1, 0.15) is 0 Å². The molecule has 2 saturated carbocycles. The van der Waals surface area contributed by atoms with Gasteiger partial charge in [0, 0.05) is 18.1 Å². The number of rotatable bonds is 8. The quantitative estimate of drug-likeness (QED) is 0.641. The fraction of sp³-hybridized carbons (Fsp3) is 1.00. The van der Waals surface area contributed by atoms with Gasteiger partial charge in [0.05, 0.1) is 0 Å². The SMILES string of the molecule is CCC(CCCN(C)C1CCCC1)N(C)C1CCCCC1. The van der Waals surface area contributed by atoms with E-state index in [1.165, 1.54) is 83.6 Å². The zero-order valence-corrected chi connectivity index (χ0v) is 14.8. The summed E-state index contributed by atoms with van der Waals surface area (Å²) >= 11 is 0. The molecule has 0 radical (unpaired) electrons. The van der Waals surface area contributed by atoms with Crippen LogP contribution in [0.2, 0.25) is 0 Å². The summed E-state index contributed by atoms with van der Waals surface area (Å²) in [4.78, 5) is 5.37. The summed E-state index contributed by atoms with van der Waals surface area (Å²) < 4.78 is 0. The fourth-order valence-electron chi connectivity index (χ4n) is 4.59. The van der Waals surface area contributed by atoms with Gasteiger partial charge >= 0.3 is 0 Å². The normalized spacial score (nSPS) is 23.3.